The van der Waals surface area contributed by atoms with E-state index in [1.165, 1.54) is 55.2 Å². The highest BCUT2D eigenvalue weighted by Gasteiger charge is 2.37. The Morgan fingerprint density at radius 2 is 1.03 bits per heavy atom. The normalized spacial score (nSPS) is 13.2. The van der Waals surface area contributed by atoms with Gasteiger partial charge < -0.3 is 4.90 Å². The molecular formula is C57H40N4. The van der Waals surface area contributed by atoms with E-state index in [-0.39, 0.29) is 5.41 Å². The second-order valence-electron chi connectivity index (χ2n) is 16.6. The van der Waals surface area contributed by atoms with Gasteiger partial charge in [0.25, 0.3) is 0 Å². The van der Waals surface area contributed by atoms with Crippen LogP contribution in [0.5, 0.6) is 0 Å². The maximum Gasteiger partial charge on any atom is 0.235 e. The highest BCUT2D eigenvalue weighted by Crippen LogP contribution is 2.53. The van der Waals surface area contributed by atoms with Gasteiger partial charge in [-0.05, 0) is 86.6 Å². The minimum Gasteiger partial charge on any atom is -0.310 e. The Morgan fingerprint density at radius 1 is 0.410 bits per heavy atom. The molecule has 0 saturated heterocycles. The zero-order valence-corrected chi connectivity index (χ0v) is 33.9. The second-order valence-corrected chi connectivity index (χ2v) is 16.6. The van der Waals surface area contributed by atoms with Crippen molar-refractivity contribution in [3.8, 4) is 39.5 Å². The Morgan fingerprint density at radius 3 is 1.87 bits per heavy atom. The summed E-state index contributed by atoms with van der Waals surface area (Å²) in [5, 5.41) is 5.80. The van der Waals surface area contributed by atoms with E-state index >= 15 is 0 Å². The maximum absolute atomic E-state index is 5.48. The number of hydrogen-bond donors (Lipinski definition) is 0. The summed E-state index contributed by atoms with van der Waals surface area (Å²) in [5.74, 6) is 0.646. The van der Waals surface area contributed by atoms with Crippen molar-refractivity contribution in [2.24, 2.45) is 0 Å². The lowest BCUT2D eigenvalue weighted by molar-refractivity contribution is 0.632. The Bertz CT molecular complexity index is 3490. The van der Waals surface area contributed by atoms with Crippen LogP contribution in [-0.4, -0.2) is 14.5 Å². The number of benzene rings is 9. The Labute approximate surface area is 354 Å². The van der Waals surface area contributed by atoms with E-state index in [0.29, 0.717) is 5.95 Å². The van der Waals surface area contributed by atoms with Gasteiger partial charge in [0.1, 0.15) is 0 Å². The standard InChI is InChI=1S/C57H40N4/c1-57(2)47-22-12-14-24-50(47)60(43-18-7-4-8-19-43)53-36-42(30-33-48(53)57)41-29-32-46-52(35-41)61(51-34-31-39-17-9-10-20-44(39)54(46)51)56-58-49-23-13-11-21-45(49)55(59-56)40-27-25-38(26-28-40)37-15-5-3-6-16-37/h3-36H,1-2H3. The van der Waals surface area contributed by atoms with Gasteiger partial charge in [-0.3, -0.25) is 4.57 Å². The fourth-order valence-electron chi connectivity index (χ4n) is 9.77. The molecule has 1 aliphatic heterocycles. The van der Waals surface area contributed by atoms with Gasteiger partial charge in [-0.15, -0.1) is 0 Å². The van der Waals surface area contributed by atoms with Gasteiger partial charge in [-0.1, -0.05) is 178 Å². The number of aromatic nitrogens is 3. The molecule has 4 nitrogen and oxygen atoms in total. The number of anilines is 3. The van der Waals surface area contributed by atoms with Crippen LogP contribution in [0.4, 0.5) is 17.1 Å². The third kappa shape index (κ3) is 5.53. The third-order valence-corrected chi connectivity index (χ3v) is 12.8. The van der Waals surface area contributed by atoms with Crippen molar-refractivity contribution in [2.45, 2.75) is 19.3 Å². The van der Waals surface area contributed by atoms with Gasteiger partial charge >= 0.3 is 0 Å². The van der Waals surface area contributed by atoms with Crippen LogP contribution in [-0.2, 0) is 5.41 Å². The first kappa shape index (κ1) is 35.2. The summed E-state index contributed by atoms with van der Waals surface area (Å²) in [7, 11) is 0. The molecule has 0 unspecified atom stereocenters. The molecule has 2 aromatic heterocycles. The molecule has 0 radical (unpaired) electrons. The quantitative estimate of drug-likeness (QED) is 0.174. The fourth-order valence-corrected chi connectivity index (χ4v) is 9.77. The molecule has 288 valence electrons. The molecule has 0 saturated carbocycles. The monoisotopic (exact) mass is 780 g/mol. The van der Waals surface area contributed by atoms with Crippen LogP contribution in [0.3, 0.4) is 0 Å². The van der Waals surface area contributed by atoms with Crippen LogP contribution >= 0.6 is 0 Å². The maximum atomic E-state index is 5.48. The average molecular weight is 781 g/mol. The Hall–Kier alpha value is -7.82. The van der Waals surface area contributed by atoms with E-state index in [1.807, 2.05) is 0 Å². The van der Waals surface area contributed by atoms with E-state index < -0.39 is 0 Å². The molecule has 4 heteroatoms. The van der Waals surface area contributed by atoms with Crippen molar-refractivity contribution in [3.63, 3.8) is 0 Å². The average Bonchev–Trinajstić information content (AvgIpc) is 3.66. The van der Waals surface area contributed by atoms with E-state index in [9.17, 15) is 0 Å². The number of fused-ring (bicyclic) bond motifs is 8. The predicted octanol–water partition coefficient (Wildman–Crippen LogP) is 15.0. The molecule has 1 aliphatic rings. The van der Waals surface area contributed by atoms with Gasteiger partial charge in [-0.25, -0.2) is 9.97 Å². The lowest BCUT2D eigenvalue weighted by Gasteiger charge is -2.42. The lowest BCUT2D eigenvalue weighted by Crippen LogP contribution is -2.30. The minimum absolute atomic E-state index is 0.180. The Balaban J connectivity index is 1.08. The summed E-state index contributed by atoms with van der Waals surface area (Å²) in [6.45, 7) is 4.69. The van der Waals surface area contributed by atoms with Crippen LogP contribution in [0.2, 0.25) is 0 Å². The number of rotatable bonds is 5. The van der Waals surface area contributed by atoms with Gasteiger partial charge in [0.05, 0.1) is 33.6 Å². The molecule has 0 N–H and O–H groups in total. The van der Waals surface area contributed by atoms with Gasteiger partial charge in [-0.2, -0.15) is 0 Å². The summed E-state index contributed by atoms with van der Waals surface area (Å²) >= 11 is 0. The third-order valence-electron chi connectivity index (χ3n) is 12.8. The Kier molecular flexibility index (Phi) is 7.85. The summed E-state index contributed by atoms with van der Waals surface area (Å²) in [6.07, 6.45) is 0. The van der Waals surface area contributed by atoms with Crippen molar-refractivity contribution in [1.29, 1.82) is 0 Å². The first-order chi connectivity index (χ1) is 30.0. The highest BCUT2D eigenvalue weighted by atomic mass is 15.2. The van der Waals surface area contributed by atoms with Gasteiger partial charge in [0, 0.05) is 32.8 Å². The smallest absolute Gasteiger partial charge is 0.235 e. The SMILES string of the molecule is CC1(C)c2ccccc2N(c2ccccc2)c2cc(-c3ccc4c5c6ccccc6ccc5n(-c5nc(-c6ccc(-c7ccccc7)cc6)c6ccccc6n5)c4c3)ccc21. The van der Waals surface area contributed by atoms with Gasteiger partial charge in [0.2, 0.25) is 5.95 Å². The number of hydrogen-bond acceptors (Lipinski definition) is 3. The molecule has 11 aromatic rings. The highest BCUT2D eigenvalue weighted by molar-refractivity contribution is 6.21. The second kappa shape index (κ2) is 13.6. The zero-order chi connectivity index (χ0) is 40.7. The molecular weight excluding hydrogens is 741 g/mol. The summed E-state index contributed by atoms with van der Waals surface area (Å²) in [6, 6.07) is 74.3. The first-order valence-electron chi connectivity index (χ1n) is 21.0. The zero-order valence-electron chi connectivity index (χ0n) is 33.9. The minimum atomic E-state index is -0.180. The topological polar surface area (TPSA) is 34.0 Å². The summed E-state index contributed by atoms with van der Waals surface area (Å²) < 4.78 is 2.28. The molecule has 0 bridgehead atoms. The van der Waals surface area contributed by atoms with Crippen LogP contribution < -0.4 is 4.90 Å². The van der Waals surface area contributed by atoms with Crippen molar-refractivity contribution in [2.75, 3.05) is 4.90 Å². The first-order valence-corrected chi connectivity index (χ1v) is 21.0. The molecule has 0 aliphatic carbocycles. The molecule has 0 spiro atoms. The fraction of sp³-hybridized carbons (Fsp3) is 0.0526. The largest absolute Gasteiger partial charge is 0.310 e. The van der Waals surface area contributed by atoms with E-state index in [1.54, 1.807) is 0 Å². The molecule has 0 atom stereocenters. The molecule has 61 heavy (non-hydrogen) atoms. The molecule has 0 amide bonds. The molecule has 9 aromatic carbocycles. The van der Waals surface area contributed by atoms with Crippen LogP contribution in [0, 0.1) is 0 Å². The van der Waals surface area contributed by atoms with Crippen molar-refractivity contribution < 1.29 is 0 Å². The van der Waals surface area contributed by atoms with Crippen LogP contribution in [0.25, 0.3) is 82.9 Å². The number of nitrogens with zero attached hydrogens (tertiary/aromatic N) is 4. The van der Waals surface area contributed by atoms with Crippen molar-refractivity contribution in [3.05, 3.63) is 217 Å². The summed E-state index contributed by atoms with van der Waals surface area (Å²) in [5.41, 5.74) is 15.6. The van der Waals surface area contributed by atoms with E-state index in [2.05, 4.69) is 230 Å². The van der Waals surface area contributed by atoms with Crippen LogP contribution in [0.15, 0.2) is 206 Å². The van der Waals surface area contributed by atoms with E-state index in [0.717, 1.165) is 50.0 Å². The van der Waals surface area contributed by atoms with Crippen LogP contribution in [0.1, 0.15) is 25.0 Å². The molecule has 0 fully saturated rings. The summed E-state index contributed by atoms with van der Waals surface area (Å²) in [4.78, 5) is 13.2. The van der Waals surface area contributed by atoms with E-state index in [4.69, 9.17) is 9.97 Å². The van der Waals surface area contributed by atoms with Crippen molar-refractivity contribution in [1.82, 2.24) is 14.5 Å². The molecule has 3 heterocycles. The predicted molar refractivity (Wildman–Crippen MR) is 255 cm³/mol. The lowest BCUT2D eigenvalue weighted by atomic mass is 9.73. The number of para-hydroxylation sites is 3. The van der Waals surface area contributed by atoms with Gasteiger partial charge in [0.15, 0.2) is 0 Å². The molecule has 12 rings (SSSR count). The van der Waals surface area contributed by atoms with Crippen molar-refractivity contribution >= 4 is 60.5 Å².